The lowest BCUT2D eigenvalue weighted by molar-refractivity contribution is 0.380. The minimum atomic E-state index is -3.58. The molecule has 1 aliphatic heterocycles. The van der Waals surface area contributed by atoms with Crippen LogP contribution in [-0.2, 0) is 30.2 Å². The van der Waals surface area contributed by atoms with Crippen LogP contribution in [0.1, 0.15) is 17.2 Å². The Morgan fingerprint density at radius 1 is 1.47 bits per heavy atom. The highest BCUT2D eigenvalue weighted by atomic mass is 32.2. The predicted octanol–water partition coefficient (Wildman–Crippen LogP) is -0.710. The number of nitrogens with zero attached hydrogens (tertiary/aromatic N) is 3. The van der Waals surface area contributed by atoms with Gasteiger partial charge in [0, 0.05) is 20.0 Å². The molecule has 0 radical (unpaired) electrons. The molecule has 0 amide bonds. The van der Waals surface area contributed by atoms with Crippen LogP contribution in [0.5, 0.6) is 0 Å². The van der Waals surface area contributed by atoms with E-state index in [1.165, 1.54) is 4.31 Å². The Hall–Kier alpha value is -0.920. The predicted molar refractivity (Wildman–Crippen MR) is 55.2 cm³/mol. The lowest BCUT2D eigenvalue weighted by Gasteiger charge is -2.24. The maximum Gasteiger partial charge on any atom is 0.277 e. The molecule has 0 saturated heterocycles. The molecular formula is C8H14N4O2S. The van der Waals surface area contributed by atoms with E-state index in [0.29, 0.717) is 19.5 Å². The Kier molecular flexibility index (Phi) is 2.32. The first kappa shape index (κ1) is 10.6. The molecule has 6 nitrogen and oxygen atoms in total. The molecule has 84 valence electrons. The van der Waals surface area contributed by atoms with Crippen molar-refractivity contribution in [1.29, 1.82) is 0 Å². The summed E-state index contributed by atoms with van der Waals surface area (Å²) in [6.07, 6.45) is 0.632. The fourth-order valence-corrected chi connectivity index (χ4v) is 2.46. The van der Waals surface area contributed by atoms with E-state index in [-0.39, 0.29) is 0 Å². The lowest BCUT2D eigenvalue weighted by Crippen LogP contribution is -2.40. The molecule has 1 aromatic rings. The van der Waals surface area contributed by atoms with Gasteiger partial charge >= 0.3 is 0 Å². The molecule has 0 fully saturated rings. The number of imidazole rings is 1. The molecule has 0 aromatic carbocycles. The summed E-state index contributed by atoms with van der Waals surface area (Å²) in [7, 11) is -1.70. The van der Waals surface area contributed by atoms with Gasteiger partial charge in [0.05, 0.1) is 17.9 Å². The minimum absolute atomic E-state index is 0.325. The monoisotopic (exact) mass is 230 g/mol. The average molecular weight is 230 g/mol. The summed E-state index contributed by atoms with van der Waals surface area (Å²) >= 11 is 0. The fourth-order valence-electron chi connectivity index (χ4n) is 1.82. The van der Waals surface area contributed by atoms with Gasteiger partial charge in [-0.25, -0.2) is 10.1 Å². The highest BCUT2D eigenvalue weighted by Crippen LogP contribution is 2.19. The average Bonchev–Trinajstić information content (AvgIpc) is 2.41. The van der Waals surface area contributed by atoms with Gasteiger partial charge in [-0.2, -0.15) is 12.7 Å². The van der Waals surface area contributed by atoms with Crippen LogP contribution in [0.3, 0.4) is 0 Å². The van der Waals surface area contributed by atoms with Crippen LogP contribution in [0.4, 0.5) is 0 Å². The van der Waals surface area contributed by atoms with Gasteiger partial charge in [0.15, 0.2) is 0 Å². The third-order valence-electron chi connectivity index (χ3n) is 2.80. The highest BCUT2D eigenvalue weighted by molar-refractivity contribution is 7.86. The van der Waals surface area contributed by atoms with E-state index < -0.39 is 10.2 Å². The van der Waals surface area contributed by atoms with Gasteiger partial charge in [0.25, 0.3) is 10.2 Å². The third kappa shape index (κ3) is 1.77. The zero-order valence-electron chi connectivity index (χ0n) is 8.77. The topological polar surface area (TPSA) is 81.2 Å². The SMILES string of the molecule is Cc1nc2c(n1C)CN(S(N)(=O)=O)CC2. The van der Waals surface area contributed by atoms with Gasteiger partial charge in [-0.05, 0) is 6.92 Å². The Bertz CT molecular complexity index is 491. The van der Waals surface area contributed by atoms with Gasteiger partial charge in [-0.3, -0.25) is 0 Å². The summed E-state index contributed by atoms with van der Waals surface area (Å²) < 4.78 is 25.6. The number of aromatic nitrogens is 2. The molecule has 2 N–H and O–H groups in total. The molecule has 7 heteroatoms. The Morgan fingerprint density at radius 3 is 2.73 bits per heavy atom. The van der Waals surface area contributed by atoms with Crippen molar-refractivity contribution in [2.75, 3.05) is 6.54 Å². The summed E-state index contributed by atoms with van der Waals surface area (Å²) in [5.41, 5.74) is 1.92. The number of rotatable bonds is 1. The van der Waals surface area contributed by atoms with Crippen LogP contribution in [-0.4, -0.2) is 28.8 Å². The Balaban J connectivity index is 2.38. The normalized spacial score (nSPS) is 17.8. The number of fused-ring (bicyclic) bond motifs is 1. The van der Waals surface area contributed by atoms with E-state index >= 15 is 0 Å². The quantitative estimate of drug-likeness (QED) is 0.692. The molecule has 0 atom stereocenters. The van der Waals surface area contributed by atoms with Crippen LogP contribution in [0.2, 0.25) is 0 Å². The van der Waals surface area contributed by atoms with E-state index in [1.54, 1.807) is 0 Å². The minimum Gasteiger partial charge on any atom is -0.334 e. The number of hydrogen-bond donors (Lipinski definition) is 1. The second kappa shape index (κ2) is 3.29. The zero-order chi connectivity index (χ0) is 11.2. The molecule has 15 heavy (non-hydrogen) atoms. The van der Waals surface area contributed by atoms with Crippen LogP contribution in [0.25, 0.3) is 0 Å². The van der Waals surface area contributed by atoms with Crippen molar-refractivity contribution in [3.63, 3.8) is 0 Å². The molecule has 0 spiro atoms. The lowest BCUT2D eigenvalue weighted by atomic mass is 10.2. The maximum atomic E-state index is 11.2. The molecular weight excluding hydrogens is 216 g/mol. The van der Waals surface area contributed by atoms with Crippen LogP contribution < -0.4 is 5.14 Å². The van der Waals surface area contributed by atoms with Crippen molar-refractivity contribution in [3.05, 3.63) is 17.2 Å². The summed E-state index contributed by atoms with van der Waals surface area (Å²) in [5.74, 6) is 0.899. The summed E-state index contributed by atoms with van der Waals surface area (Å²) in [4.78, 5) is 4.37. The van der Waals surface area contributed by atoms with Crippen LogP contribution >= 0.6 is 0 Å². The van der Waals surface area contributed by atoms with E-state index in [2.05, 4.69) is 4.98 Å². The number of hydrogen-bond acceptors (Lipinski definition) is 3. The maximum absolute atomic E-state index is 11.2. The Morgan fingerprint density at radius 2 is 2.13 bits per heavy atom. The molecule has 2 rings (SSSR count). The first-order valence-electron chi connectivity index (χ1n) is 4.68. The van der Waals surface area contributed by atoms with E-state index in [9.17, 15) is 8.42 Å². The number of aryl methyl sites for hydroxylation is 1. The van der Waals surface area contributed by atoms with Gasteiger partial charge < -0.3 is 4.57 Å². The largest absolute Gasteiger partial charge is 0.334 e. The molecule has 0 saturated carbocycles. The number of nitrogens with two attached hydrogens (primary N) is 1. The smallest absolute Gasteiger partial charge is 0.277 e. The van der Waals surface area contributed by atoms with Gasteiger partial charge in [0.2, 0.25) is 0 Å². The Labute approximate surface area is 88.9 Å². The van der Waals surface area contributed by atoms with Gasteiger partial charge in [-0.15, -0.1) is 0 Å². The first-order valence-corrected chi connectivity index (χ1v) is 6.19. The first-order chi connectivity index (χ1) is 6.89. The van der Waals surface area contributed by atoms with E-state index in [0.717, 1.165) is 17.2 Å². The zero-order valence-corrected chi connectivity index (χ0v) is 9.58. The van der Waals surface area contributed by atoms with Crippen molar-refractivity contribution in [2.45, 2.75) is 19.9 Å². The third-order valence-corrected chi connectivity index (χ3v) is 3.84. The highest BCUT2D eigenvalue weighted by Gasteiger charge is 2.27. The summed E-state index contributed by atoms with van der Waals surface area (Å²) in [6, 6.07) is 0. The molecule has 1 aliphatic rings. The second-order valence-corrected chi connectivity index (χ2v) is 5.29. The molecule has 1 aromatic heterocycles. The molecule has 0 bridgehead atoms. The van der Waals surface area contributed by atoms with Crippen LogP contribution in [0, 0.1) is 6.92 Å². The van der Waals surface area contributed by atoms with Crippen LogP contribution in [0.15, 0.2) is 0 Å². The van der Waals surface area contributed by atoms with Crippen molar-refractivity contribution in [2.24, 2.45) is 12.2 Å². The van der Waals surface area contributed by atoms with Crippen molar-refractivity contribution >= 4 is 10.2 Å². The van der Waals surface area contributed by atoms with E-state index in [4.69, 9.17) is 5.14 Å². The molecule has 0 unspecified atom stereocenters. The molecule has 0 aliphatic carbocycles. The van der Waals surface area contributed by atoms with Crippen molar-refractivity contribution in [3.8, 4) is 0 Å². The fraction of sp³-hybridized carbons (Fsp3) is 0.625. The van der Waals surface area contributed by atoms with E-state index in [1.807, 2.05) is 18.5 Å². The van der Waals surface area contributed by atoms with Crippen molar-refractivity contribution < 1.29 is 8.42 Å². The van der Waals surface area contributed by atoms with Gasteiger partial charge in [-0.1, -0.05) is 0 Å². The summed E-state index contributed by atoms with van der Waals surface area (Å²) in [6.45, 7) is 2.65. The van der Waals surface area contributed by atoms with Crippen molar-refractivity contribution in [1.82, 2.24) is 13.9 Å². The standard InChI is InChI=1S/C8H14N4O2S/c1-6-10-7-3-4-12(15(9,13)14)5-8(7)11(6)2/h3-5H2,1-2H3,(H2,9,13,14). The molecule has 2 heterocycles. The summed E-state index contributed by atoms with van der Waals surface area (Å²) in [5, 5.41) is 5.09. The van der Waals surface area contributed by atoms with Gasteiger partial charge in [0.1, 0.15) is 5.82 Å². The second-order valence-electron chi connectivity index (χ2n) is 3.74.